The molecule has 0 spiro atoms. The van der Waals surface area contributed by atoms with E-state index in [0.29, 0.717) is 0 Å². The van der Waals surface area contributed by atoms with Gasteiger partial charge in [0.25, 0.3) is 0 Å². The van der Waals surface area contributed by atoms with Gasteiger partial charge < -0.3 is 0 Å². The van der Waals surface area contributed by atoms with Crippen LogP contribution in [0.2, 0.25) is 0 Å². The molecule has 0 bridgehead atoms. The molecule has 3 heteroatoms. The van der Waals surface area contributed by atoms with Crippen LogP contribution in [-0.4, -0.2) is 0 Å². The first-order chi connectivity index (χ1) is 9.65. The minimum atomic E-state index is 0.0173. The van der Waals surface area contributed by atoms with Gasteiger partial charge in [0.2, 0.25) is 0 Å². The molecule has 0 fully saturated rings. The second kappa shape index (κ2) is 7.02. The minimum Gasteiger partial charge on any atom is -0.271 e. The minimum absolute atomic E-state index is 0.0173. The summed E-state index contributed by atoms with van der Waals surface area (Å²) in [5.41, 5.74) is 7.88. The van der Waals surface area contributed by atoms with Gasteiger partial charge >= 0.3 is 0 Å². The Bertz CT molecular complexity index is 581. The number of hydrazine groups is 1. The number of aryl methyl sites for hydroxylation is 2. The van der Waals surface area contributed by atoms with Gasteiger partial charge in [0.1, 0.15) is 0 Å². The van der Waals surface area contributed by atoms with Crippen LogP contribution in [-0.2, 0) is 6.42 Å². The molecule has 1 unspecified atom stereocenters. The molecule has 0 saturated carbocycles. The lowest BCUT2D eigenvalue weighted by Crippen LogP contribution is -2.28. The summed E-state index contributed by atoms with van der Waals surface area (Å²) in [6, 6.07) is 15.0. The SMILES string of the molecule is CCCc1cccc(C(NN)c2ccc(C)c(Br)c2)c1. The standard InChI is InChI=1S/C17H21BrN2/c1-3-5-13-6-4-7-14(10-13)17(20-19)15-9-8-12(2)16(18)11-15/h4,6-11,17,20H,3,5,19H2,1-2H3. The van der Waals surface area contributed by atoms with Crippen LogP contribution in [0.4, 0.5) is 0 Å². The second-order valence-corrected chi connectivity index (χ2v) is 5.96. The molecule has 0 heterocycles. The van der Waals surface area contributed by atoms with Gasteiger partial charge in [-0.2, -0.15) is 0 Å². The molecule has 2 nitrogen and oxygen atoms in total. The van der Waals surface area contributed by atoms with Gasteiger partial charge in [-0.3, -0.25) is 5.84 Å². The number of benzene rings is 2. The molecular weight excluding hydrogens is 312 g/mol. The third kappa shape index (κ3) is 3.48. The van der Waals surface area contributed by atoms with Crippen molar-refractivity contribution in [2.75, 3.05) is 0 Å². The van der Waals surface area contributed by atoms with E-state index in [4.69, 9.17) is 5.84 Å². The first-order valence-electron chi connectivity index (χ1n) is 6.96. The fourth-order valence-electron chi connectivity index (χ4n) is 2.39. The molecule has 0 aliphatic heterocycles. The monoisotopic (exact) mass is 332 g/mol. The van der Waals surface area contributed by atoms with Crippen LogP contribution in [0.1, 0.15) is 41.6 Å². The molecule has 2 aromatic rings. The van der Waals surface area contributed by atoms with E-state index in [2.05, 4.69) is 77.7 Å². The van der Waals surface area contributed by atoms with Gasteiger partial charge in [0.05, 0.1) is 6.04 Å². The molecule has 1 atom stereocenters. The molecule has 0 saturated heterocycles. The quantitative estimate of drug-likeness (QED) is 0.634. The fourth-order valence-corrected chi connectivity index (χ4v) is 2.79. The van der Waals surface area contributed by atoms with Crippen LogP contribution in [0.25, 0.3) is 0 Å². The number of hydrogen-bond acceptors (Lipinski definition) is 2. The predicted octanol–water partition coefficient (Wildman–Crippen LogP) is 4.26. The summed E-state index contributed by atoms with van der Waals surface area (Å²) in [6.07, 6.45) is 2.25. The lowest BCUT2D eigenvalue weighted by atomic mass is 9.96. The van der Waals surface area contributed by atoms with Gasteiger partial charge in [-0.25, -0.2) is 5.43 Å². The zero-order chi connectivity index (χ0) is 14.5. The average Bonchev–Trinajstić information content (AvgIpc) is 2.44. The average molecular weight is 333 g/mol. The van der Waals surface area contributed by atoms with Crippen LogP contribution in [0, 0.1) is 6.92 Å². The van der Waals surface area contributed by atoms with Gasteiger partial charge in [-0.05, 0) is 41.7 Å². The lowest BCUT2D eigenvalue weighted by molar-refractivity contribution is 0.635. The van der Waals surface area contributed by atoms with E-state index in [1.54, 1.807) is 0 Å². The molecule has 2 rings (SSSR count). The van der Waals surface area contributed by atoms with Crippen molar-refractivity contribution < 1.29 is 0 Å². The highest BCUT2D eigenvalue weighted by Gasteiger charge is 2.13. The van der Waals surface area contributed by atoms with E-state index in [9.17, 15) is 0 Å². The highest BCUT2D eigenvalue weighted by Crippen LogP contribution is 2.26. The van der Waals surface area contributed by atoms with Crippen LogP contribution < -0.4 is 11.3 Å². The van der Waals surface area contributed by atoms with E-state index in [0.717, 1.165) is 17.3 Å². The molecule has 0 amide bonds. The van der Waals surface area contributed by atoms with Crippen LogP contribution >= 0.6 is 15.9 Å². The van der Waals surface area contributed by atoms with E-state index in [1.807, 2.05) is 0 Å². The van der Waals surface area contributed by atoms with Crippen molar-refractivity contribution in [1.82, 2.24) is 5.43 Å². The largest absolute Gasteiger partial charge is 0.271 e. The molecule has 3 N–H and O–H groups in total. The van der Waals surface area contributed by atoms with Crippen LogP contribution in [0.3, 0.4) is 0 Å². The van der Waals surface area contributed by atoms with Gasteiger partial charge in [0, 0.05) is 4.47 Å². The summed E-state index contributed by atoms with van der Waals surface area (Å²) in [4.78, 5) is 0. The molecule has 0 aliphatic rings. The fraction of sp³-hybridized carbons (Fsp3) is 0.294. The molecule has 20 heavy (non-hydrogen) atoms. The number of halogens is 1. The maximum absolute atomic E-state index is 5.78. The summed E-state index contributed by atoms with van der Waals surface area (Å²) in [6.45, 7) is 4.28. The highest BCUT2D eigenvalue weighted by atomic mass is 79.9. The molecule has 106 valence electrons. The zero-order valence-corrected chi connectivity index (χ0v) is 13.6. The molecular formula is C17H21BrN2. The molecule has 2 aromatic carbocycles. The molecule has 0 aromatic heterocycles. The summed E-state index contributed by atoms with van der Waals surface area (Å²) in [7, 11) is 0. The van der Waals surface area contributed by atoms with E-state index >= 15 is 0 Å². The molecule has 0 radical (unpaired) electrons. The normalized spacial score (nSPS) is 12.4. The van der Waals surface area contributed by atoms with Crippen molar-refractivity contribution in [1.29, 1.82) is 0 Å². The zero-order valence-electron chi connectivity index (χ0n) is 12.0. The Morgan fingerprint density at radius 2 is 1.90 bits per heavy atom. The van der Waals surface area contributed by atoms with Crippen molar-refractivity contribution in [3.63, 3.8) is 0 Å². The summed E-state index contributed by atoms with van der Waals surface area (Å²) in [5.74, 6) is 5.78. The third-order valence-corrected chi connectivity index (χ3v) is 4.37. The maximum Gasteiger partial charge on any atom is 0.0710 e. The molecule has 0 aliphatic carbocycles. The van der Waals surface area contributed by atoms with E-state index in [1.165, 1.54) is 22.3 Å². The Morgan fingerprint density at radius 3 is 2.55 bits per heavy atom. The van der Waals surface area contributed by atoms with Crippen molar-refractivity contribution in [2.45, 2.75) is 32.7 Å². The Hall–Kier alpha value is -1.16. The van der Waals surface area contributed by atoms with E-state index in [-0.39, 0.29) is 6.04 Å². The summed E-state index contributed by atoms with van der Waals surface area (Å²) < 4.78 is 1.11. The summed E-state index contributed by atoms with van der Waals surface area (Å²) >= 11 is 3.59. The van der Waals surface area contributed by atoms with Gasteiger partial charge in [0.15, 0.2) is 0 Å². The Balaban J connectivity index is 2.36. The Labute approximate surface area is 129 Å². The maximum atomic E-state index is 5.78. The van der Waals surface area contributed by atoms with Gasteiger partial charge in [-0.15, -0.1) is 0 Å². The predicted molar refractivity (Wildman–Crippen MR) is 88.5 cm³/mol. The third-order valence-electron chi connectivity index (χ3n) is 3.52. The number of rotatable bonds is 5. The Morgan fingerprint density at radius 1 is 1.15 bits per heavy atom. The Kier molecular flexibility index (Phi) is 5.35. The van der Waals surface area contributed by atoms with Crippen molar-refractivity contribution in [2.24, 2.45) is 5.84 Å². The summed E-state index contributed by atoms with van der Waals surface area (Å²) in [5, 5.41) is 0. The van der Waals surface area contributed by atoms with E-state index < -0.39 is 0 Å². The first-order valence-corrected chi connectivity index (χ1v) is 7.76. The number of nitrogens with two attached hydrogens (primary N) is 1. The second-order valence-electron chi connectivity index (χ2n) is 5.10. The van der Waals surface area contributed by atoms with Crippen LogP contribution in [0.15, 0.2) is 46.9 Å². The number of hydrogen-bond donors (Lipinski definition) is 2. The van der Waals surface area contributed by atoms with Crippen LogP contribution in [0.5, 0.6) is 0 Å². The topological polar surface area (TPSA) is 38.0 Å². The van der Waals surface area contributed by atoms with Crippen molar-refractivity contribution in [3.8, 4) is 0 Å². The van der Waals surface area contributed by atoms with Gasteiger partial charge in [-0.1, -0.05) is 65.7 Å². The van der Waals surface area contributed by atoms with Crippen molar-refractivity contribution >= 4 is 15.9 Å². The highest BCUT2D eigenvalue weighted by molar-refractivity contribution is 9.10. The first kappa shape index (κ1) is 15.2. The number of nitrogens with one attached hydrogen (secondary N) is 1. The smallest absolute Gasteiger partial charge is 0.0710 e. The lowest BCUT2D eigenvalue weighted by Gasteiger charge is -2.18. The van der Waals surface area contributed by atoms with Crippen molar-refractivity contribution in [3.05, 3.63) is 69.2 Å².